The summed E-state index contributed by atoms with van der Waals surface area (Å²) in [5.41, 5.74) is 2.90. The van der Waals surface area contributed by atoms with E-state index in [-0.39, 0.29) is 18.2 Å². The smallest absolute Gasteiger partial charge is 0.149 e. The van der Waals surface area contributed by atoms with Crippen molar-refractivity contribution in [1.29, 1.82) is 0 Å². The van der Waals surface area contributed by atoms with Crippen LogP contribution in [0, 0.1) is 5.82 Å². The van der Waals surface area contributed by atoms with Crippen molar-refractivity contribution in [2.75, 3.05) is 23.9 Å². The molecule has 0 aliphatic carbocycles. The molecule has 0 unspecified atom stereocenters. The van der Waals surface area contributed by atoms with Gasteiger partial charge < -0.3 is 19.8 Å². The molecular weight excluding hydrogens is 579 g/mol. The topological polar surface area (TPSA) is 106 Å². The van der Waals surface area contributed by atoms with E-state index in [0.29, 0.717) is 45.9 Å². The Morgan fingerprint density at radius 3 is 2.67 bits per heavy atom. The van der Waals surface area contributed by atoms with Crippen molar-refractivity contribution in [3.8, 4) is 17.1 Å². The summed E-state index contributed by atoms with van der Waals surface area (Å²) in [6.45, 7) is 2.87. The minimum Gasteiger partial charge on any atom is -0.487 e. The van der Waals surface area contributed by atoms with Gasteiger partial charge in [0.05, 0.1) is 22.3 Å². The number of aromatic nitrogens is 2. The number of furan rings is 1. The van der Waals surface area contributed by atoms with Crippen molar-refractivity contribution in [2.45, 2.75) is 26.0 Å². The van der Waals surface area contributed by atoms with Crippen molar-refractivity contribution in [2.24, 2.45) is 0 Å². The molecule has 2 heterocycles. The second kappa shape index (κ2) is 12.9. The van der Waals surface area contributed by atoms with Gasteiger partial charge in [-0.05, 0) is 79.2 Å². The maximum atomic E-state index is 13.5. The van der Waals surface area contributed by atoms with Crippen LogP contribution in [0.5, 0.6) is 5.75 Å². The van der Waals surface area contributed by atoms with Crippen molar-refractivity contribution in [3.63, 3.8) is 0 Å². The van der Waals surface area contributed by atoms with E-state index in [2.05, 4.69) is 20.6 Å². The molecule has 1 atom stereocenters. The minimum atomic E-state index is -3.22. The number of rotatable bonds is 12. The molecule has 0 radical (unpaired) electrons. The monoisotopic (exact) mass is 608 g/mol. The average Bonchev–Trinajstić information content (AvgIpc) is 3.45. The van der Waals surface area contributed by atoms with E-state index in [1.54, 1.807) is 30.3 Å². The fourth-order valence-corrected chi connectivity index (χ4v) is 5.61. The molecule has 5 rings (SSSR count). The van der Waals surface area contributed by atoms with Gasteiger partial charge in [0.1, 0.15) is 51.7 Å². The highest BCUT2D eigenvalue weighted by Crippen LogP contribution is 2.33. The number of anilines is 2. The molecule has 42 heavy (non-hydrogen) atoms. The Labute approximate surface area is 248 Å². The third-order valence-electron chi connectivity index (χ3n) is 6.48. The highest BCUT2D eigenvalue weighted by molar-refractivity contribution is 7.90. The molecule has 8 nitrogen and oxygen atoms in total. The molecule has 218 valence electrons. The van der Waals surface area contributed by atoms with E-state index in [0.717, 1.165) is 22.9 Å². The van der Waals surface area contributed by atoms with Crippen LogP contribution in [0.15, 0.2) is 83.5 Å². The van der Waals surface area contributed by atoms with Gasteiger partial charge in [0.15, 0.2) is 0 Å². The van der Waals surface area contributed by atoms with Gasteiger partial charge in [-0.2, -0.15) is 0 Å². The number of hydrogen-bond acceptors (Lipinski definition) is 8. The van der Waals surface area contributed by atoms with Gasteiger partial charge in [-0.1, -0.05) is 30.7 Å². The number of sulfone groups is 1. The molecule has 0 spiro atoms. The molecule has 3 aromatic carbocycles. The molecule has 0 saturated heterocycles. The summed E-state index contributed by atoms with van der Waals surface area (Å²) < 4.78 is 49.4. The fraction of sp³-hybridized carbons (Fsp3) is 0.226. The number of fused-ring (bicyclic) bond motifs is 1. The Morgan fingerprint density at radius 2 is 1.90 bits per heavy atom. The highest BCUT2D eigenvalue weighted by Gasteiger charge is 2.21. The number of benzene rings is 3. The predicted octanol–water partition coefficient (Wildman–Crippen LogP) is 7.09. The summed E-state index contributed by atoms with van der Waals surface area (Å²) in [5, 5.41) is 7.71. The van der Waals surface area contributed by atoms with Gasteiger partial charge in [0, 0.05) is 22.9 Å². The summed E-state index contributed by atoms with van der Waals surface area (Å²) in [7, 11) is -3.22. The Balaban J connectivity index is 1.36. The molecule has 0 saturated carbocycles. The number of hydrogen-bond donors (Lipinski definition) is 2. The lowest BCUT2D eigenvalue weighted by Crippen LogP contribution is -2.28. The SMILES string of the molecule is CCCN[C@@H](CS(C)(=O)=O)c1ccc(-c2ccc3ncnc(Nc4ccc(OCc5cccc(F)c5)c(Cl)c4)c3c2)o1. The summed E-state index contributed by atoms with van der Waals surface area (Å²) in [6, 6.07) is 20.4. The number of nitrogens with zero attached hydrogens (tertiary/aromatic N) is 2. The minimum absolute atomic E-state index is 0.0588. The van der Waals surface area contributed by atoms with E-state index in [4.69, 9.17) is 20.8 Å². The van der Waals surface area contributed by atoms with E-state index in [1.807, 2.05) is 37.3 Å². The zero-order valence-electron chi connectivity index (χ0n) is 23.1. The van der Waals surface area contributed by atoms with Crippen LogP contribution >= 0.6 is 11.6 Å². The first-order valence-electron chi connectivity index (χ1n) is 13.4. The zero-order chi connectivity index (χ0) is 29.7. The van der Waals surface area contributed by atoms with Crippen molar-refractivity contribution < 1.29 is 22.0 Å². The van der Waals surface area contributed by atoms with Crippen molar-refractivity contribution >= 4 is 43.8 Å². The molecule has 0 amide bonds. The van der Waals surface area contributed by atoms with Gasteiger partial charge >= 0.3 is 0 Å². The summed E-state index contributed by atoms with van der Waals surface area (Å²) in [6.07, 6.45) is 3.56. The van der Waals surface area contributed by atoms with Crippen molar-refractivity contribution in [1.82, 2.24) is 15.3 Å². The molecule has 2 N–H and O–H groups in total. The van der Waals surface area contributed by atoms with Crippen LogP contribution < -0.4 is 15.4 Å². The van der Waals surface area contributed by atoms with Crippen LogP contribution in [0.3, 0.4) is 0 Å². The third kappa shape index (κ3) is 7.44. The fourth-order valence-electron chi connectivity index (χ4n) is 4.49. The van der Waals surface area contributed by atoms with Crippen LogP contribution in [-0.2, 0) is 16.4 Å². The van der Waals surface area contributed by atoms with Crippen LogP contribution in [0.1, 0.15) is 30.7 Å². The Morgan fingerprint density at radius 1 is 1.05 bits per heavy atom. The lowest BCUT2D eigenvalue weighted by molar-refractivity contribution is 0.306. The van der Waals surface area contributed by atoms with Gasteiger partial charge in [-0.25, -0.2) is 22.8 Å². The molecule has 0 bridgehead atoms. The molecule has 5 aromatic rings. The van der Waals surface area contributed by atoms with E-state index >= 15 is 0 Å². The van der Waals surface area contributed by atoms with Crippen LogP contribution in [-0.4, -0.2) is 36.9 Å². The van der Waals surface area contributed by atoms with Crippen LogP contribution in [0.4, 0.5) is 15.9 Å². The van der Waals surface area contributed by atoms with Gasteiger partial charge in [-0.3, -0.25) is 0 Å². The third-order valence-corrected chi connectivity index (χ3v) is 7.71. The number of halogens is 2. The quantitative estimate of drug-likeness (QED) is 0.155. The summed E-state index contributed by atoms with van der Waals surface area (Å²) >= 11 is 6.49. The summed E-state index contributed by atoms with van der Waals surface area (Å²) in [5.74, 6) is 1.81. The second-order valence-corrected chi connectivity index (χ2v) is 12.5. The predicted molar refractivity (Wildman–Crippen MR) is 163 cm³/mol. The van der Waals surface area contributed by atoms with Crippen molar-refractivity contribution in [3.05, 3.63) is 101 Å². The highest BCUT2D eigenvalue weighted by atomic mass is 35.5. The van der Waals surface area contributed by atoms with Crippen LogP contribution in [0.25, 0.3) is 22.2 Å². The largest absolute Gasteiger partial charge is 0.487 e. The second-order valence-electron chi connectivity index (χ2n) is 9.94. The molecule has 0 fully saturated rings. The molecule has 0 aliphatic heterocycles. The van der Waals surface area contributed by atoms with Gasteiger partial charge in [0.2, 0.25) is 0 Å². The first-order valence-corrected chi connectivity index (χ1v) is 15.8. The lowest BCUT2D eigenvalue weighted by atomic mass is 10.1. The van der Waals surface area contributed by atoms with Crippen LogP contribution in [0.2, 0.25) is 5.02 Å². The average molecular weight is 609 g/mol. The molecule has 11 heteroatoms. The first-order chi connectivity index (χ1) is 20.2. The summed E-state index contributed by atoms with van der Waals surface area (Å²) in [4.78, 5) is 8.83. The molecule has 0 aliphatic rings. The van der Waals surface area contributed by atoms with Gasteiger partial charge in [0.25, 0.3) is 0 Å². The number of ether oxygens (including phenoxy) is 1. The molecule has 2 aromatic heterocycles. The van der Waals surface area contributed by atoms with E-state index in [9.17, 15) is 12.8 Å². The van der Waals surface area contributed by atoms with Gasteiger partial charge in [-0.15, -0.1) is 0 Å². The Kier molecular flexibility index (Phi) is 9.06. The normalized spacial score (nSPS) is 12.4. The molecular formula is C31H30ClFN4O4S. The maximum absolute atomic E-state index is 13.5. The van der Waals surface area contributed by atoms with E-state index in [1.165, 1.54) is 24.7 Å². The Hall–Kier alpha value is -3.99. The lowest BCUT2D eigenvalue weighted by Gasteiger charge is -2.15. The maximum Gasteiger partial charge on any atom is 0.149 e. The first kappa shape index (κ1) is 29.5. The standard InChI is InChI=1S/C31H30ClFN4O4S/c1-3-13-34-27(18-42(2,38)39)30-12-11-28(41-30)21-7-9-26-24(15-21)31(36-19-35-26)37-23-8-10-29(25(32)16-23)40-17-20-5-4-6-22(33)14-20/h4-12,14-16,19,27,34H,3,13,17-18H2,1-2H3,(H,35,36,37)/t27-/m0/s1. The van der Waals surface area contributed by atoms with E-state index < -0.39 is 15.9 Å². The zero-order valence-corrected chi connectivity index (χ0v) is 24.7. The number of nitrogens with one attached hydrogen (secondary N) is 2. The Bertz CT molecular complexity index is 1810.